The number of piperidine rings is 1. The van der Waals surface area contributed by atoms with E-state index in [-0.39, 0.29) is 6.61 Å². The van der Waals surface area contributed by atoms with Crippen LogP contribution in [0.25, 0.3) is 33.5 Å². The van der Waals surface area contributed by atoms with Gasteiger partial charge in [0, 0.05) is 31.2 Å². The molecule has 2 aromatic carbocycles. The largest absolute Gasteiger partial charge is 0.490 e. The lowest BCUT2D eigenvalue weighted by molar-refractivity contribution is 0.0599. The highest BCUT2D eigenvalue weighted by Crippen LogP contribution is 2.33. The van der Waals surface area contributed by atoms with Crippen LogP contribution in [0.3, 0.4) is 0 Å². The summed E-state index contributed by atoms with van der Waals surface area (Å²) in [5.41, 5.74) is 3.26. The lowest BCUT2D eigenvalue weighted by Crippen LogP contribution is -2.40. The molecule has 1 atom stereocenters. The molecule has 8 heteroatoms. The van der Waals surface area contributed by atoms with E-state index in [1.807, 2.05) is 30.5 Å². The van der Waals surface area contributed by atoms with Gasteiger partial charge in [0.25, 0.3) is 5.89 Å². The molecule has 3 aromatic heterocycles. The van der Waals surface area contributed by atoms with Crippen molar-refractivity contribution in [3.63, 3.8) is 0 Å². The first-order valence-electron chi connectivity index (χ1n) is 12.1. The SMILES string of the molecule is Cc1nnc(-c2cc3c(OC[C@@H](O)CN4CCC(c5ccc6[nH]ccc6c5)CC4)cccc3o2)o1. The van der Waals surface area contributed by atoms with Crippen molar-refractivity contribution >= 4 is 21.9 Å². The summed E-state index contributed by atoms with van der Waals surface area (Å²) in [6, 6.07) is 16.3. The van der Waals surface area contributed by atoms with Crippen molar-refractivity contribution in [2.75, 3.05) is 26.2 Å². The molecule has 6 rings (SSSR count). The number of aromatic amines is 1. The minimum atomic E-state index is -0.581. The number of hydrogen-bond acceptors (Lipinski definition) is 7. The molecule has 0 spiro atoms. The highest BCUT2D eigenvalue weighted by Gasteiger charge is 2.23. The molecule has 0 bridgehead atoms. The predicted octanol–water partition coefficient (Wildman–Crippen LogP) is 4.89. The van der Waals surface area contributed by atoms with Gasteiger partial charge in [-0.25, -0.2) is 0 Å². The van der Waals surface area contributed by atoms with E-state index in [1.54, 1.807) is 6.92 Å². The van der Waals surface area contributed by atoms with Gasteiger partial charge in [-0.3, -0.25) is 0 Å². The number of nitrogens with zero attached hydrogens (tertiary/aromatic N) is 3. The fourth-order valence-electron chi connectivity index (χ4n) is 4.97. The molecule has 0 unspecified atom stereocenters. The molecule has 0 radical (unpaired) electrons. The first-order valence-corrected chi connectivity index (χ1v) is 12.1. The summed E-state index contributed by atoms with van der Waals surface area (Å²) < 4.78 is 17.3. The van der Waals surface area contributed by atoms with Gasteiger partial charge in [-0.2, -0.15) is 0 Å². The summed E-state index contributed by atoms with van der Waals surface area (Å²) >= 11 is 0. The molecule has 0 saturated carbocycles. The van der Waals surface area contributed by atoms with E-state index >= 15 is 0 Å². The first kappa shape index (κ1) is 21.9. The molecular weight excluding hydrogens is 444 g/mol. The number of ether oxygens (including phenoxy) is 1. The minimum absolute atomic E-state index is 0.212. The van der Waals surface area contributed by atoms with E-state index < -0.39 is 6.10 Å². The van der Waals surface area contributed by atoms with Gasteiger partial charge in [-0.05, 0) is 73.1 Å². The molecule has 0 amide bonds. The third-order valence-corrected chi connectivity index (χ3v) is 6.79. The molecule has 180 valence electrons. The zero-order valence-electron chi connectivity index (χ0n) is 19.6. The van der Waals surface area contributed by atoms with Crippen molar-refractivity contribution in [1.29, 1.82) is 0 Å². The molecule has 8 nitrogen and oxygen atoms in total. The number of likely N-dealkylation sites (tertiary alicyclic amines) is 1. The van der Waals surface area contributed by atoms with Crippen LogP contribution in [0.2, 0.25) is 0 Å². The fourth-order valence-corrected chi connectivity index (χ4v) is 4.97. The van der Waals surface area contributed by atoms with Crippen LogP contribution in [-0.2, 0) is 0 Å². The average molecular weight is 473 g/mol. The Kier molecular flexibility index (Phi) is 5.75. The Morgan fingerprint density at radius 3 is 2.83 bits per heavy atom. The van der Waals surface area contributed by atoms with Crippen molar-refractivity contribution in [2.24, 2.45) is 0 Å². The normalized spacial score (nSPS) is 16.3. The van der Waals surface area contributed by atoms with Gasteiger partial charge in [0.15, 0.2) is 5.76 Å². The van der Waals surface area contributed by atoms with Crippen molar-refractivity contribution in [3.05, 3.63) is 66.2 Å². The van der Waals surface area contributed by atoms with Crippen LogP contribution >= 0.6 is 0 Å². The van der Waals surface area contributed by atoms with Crippen LogP contribution in [0.15, 0.2) is 63.6 Å². The summed E-state index contributed by atoms with van der Waals surface area (Å²) in [5.74, 6) is 2.53. The zero-order chi connectivity index (χ0) is 23.8. The van der Waals surface area contributed by atoms with E-state index in [2.05, 4.69) is 44.3 Å². The van der Waals surface area contributed by atoms with Gasteiger partial charge < -0.3 is 28.6 Å². The number of benzene rings is 2. The number of hydrogen-bond donors (Lipinski definition) is 2. The first-order chi connectivity index (χ1) is 17.1. The summed E-state index contributed by atoms with van der Waals surface area (Å²) in [5, 5.41) is 20.6. The second kappa shape index (κ2) is 9.20. The lowest BCUT2D eigenvalue weighted by Gasteiger charge is -2.33. The average Bonchev–Trinajstić information content (AvgIpc) is 3.62. The van der Waals surface area contributed by atoms with Crippen LogP contribution in [0.4, 0.5) is 0 Å². The fraction of sp³-hybridized carbons (Fsp3) is 0.333. The lowest BCUT2D eigenvalue weighted by atomic mass is 9.89. The van der Waals surface area contributed by atoms with Crippen LogP contribution in [-0.4, -0.2) is 57.5 Å². The number of aromatic nitrogens is 3. The Hall–Kier alpha value is -3.62. The Morgan fingerprint density at radius 2 is 2.00 bits per heavy atom. The van der Waals surface area contributed by atoms with Crippen molar-refractivity contribution < 1.29 is 18.7 Å². The van der Waals surface area contributed by atoms with Crippen LogP contribution in [0.5, 0.6) is 5.75 Å². The number of β-amino-alcohol motifs (C(OH)–C–C–N with tert-alkyl or cyclic N) is 1. The van der Waals surface area contributed by atoms with Gasteiger partial charge in [-0.1, -0.05) is 12.1 Å². The Labute approximate surface area is 202 Å². The minimum Gasteiger partial charge on any atom is -0.490 e. The summed E-state index contributed by atoms with van der Waals surface area (Å²) in [6.07, 6.45) is 3.59. The number of fused-ring (bicyclic) bond motifs is 2. The highest BCUT2D eigenvalue weighted by molar-refractivity contribution is 5.87. The van der Waals surface area contributed by atoms with E-state index in [9.17, 15) is 5.11 Å². The molecule has 35 heavy (non-hydrogen) atoms. The zero-order valence-corrected chi connectivity index (χ0v) is 19.6. The topological polar surface area (TPSA) is 101 Å². The van der Waals surface area contributed by atoms with Gasteiger partial charge in [0.1, 0.15) is 24.0 Å². The molecule has 1 fully saturated rings. The predicted molar refractivity (Wildman–Crippen MR) is 132 cm³/mol. The van der Waals surface area contributed by atoms with Crippen LogP contribution in [0.1, 0.15) is 30.2 Å². The summed E-state index contributed by atoms with van der Waals surface area (Å²) in [7, 11) is 0. The molecule has 1 aliphatic rings. The van der Waals surface area contributed by atoms with Gasteiger partial charge in [-0.15, -0.1) is 10.2 Å². The number of furan rings is 1. The van der Waals surface area contributed by atoms with E-state index in [0.717, 1.165) is 31.3 Å². The monoisotopic (exact) mass is 472 g/mol. The van der Waals surface area contributed by atoms with Crippen molar-refractivity contribution in [3.8, 4) is 17.4 Å². The summed E-state index contributed by atoms with van der Waals surface area (Å²) in [6.45, 7) is 4.48. The second-order valence-electron chi connectivity index (χ2n) is 9.27. The molecule has 1 saturated heterocycles. The van der Waals surface area contributed by atoms with E-state index in [0.29, 0.717) is 41.3 Å². The van der Waals surface area contributed by atoms with E-state index in [1.165, 1.54) is 16.5 Å². The standard InChI is InChI=1S/C27H28N4O4/c1-17-29-30-27(34-17)26-14-22-24(3-2-4-25(22)35-26)33-16-21(32)15-31-11-8-18(9-12-31)19-5-6-23-20(13-19)7-10-28-23/h2-7,10,13-14,18,21,28,32H,8-9,11-12,15-16H2,1H3/t21-/m0/s1. The maximum atomic E-state index is 10.7. The molecule has 5 aromatic rings. The number of rotatable bonds is 7. The van der Waals surface area contributed by atoms with Gasteiger partial charge >= 0.3 is 0 Å². The molecule has 2 N–H and O–H groups in total. The second-order valence-corrected chi connectivity index (χ2v) is 9.27. The van der Waals surface area contributed by atoms with Crippen molar-refractivity contribution in [1.82, 2.24) is 20.1 Å². The van der Waals surface area contributed by atoms with Gasteiger partial charge in [0.05, 0.1) is 5.39 Å². The Balaban J connectivity index is 1.04. The smallest absolute Gasteiger partial charge is 0.283 e. The Bertz CT molecular complexity index is 1440. The Morgan fingerprint density at radius 1 is 1.11 bits per heavy atom. The molecule has 4 heterocycles. The van der Waals surface area contributed by atoms with Crippen LogP contribution < -0.4 is 4.74 Å². The van der Waals surface area contributed by atoms with Crippen molar-refractivity contribution in [2.45, 2.75) is 31.8 Å². The maximum absolute atomic E-state index is 10.7. The maximum Gasteiger partial charge on any atom is 0.283 e. The molecule has 1 aliphatic heterocycles. The van der Waals surface area contributed by atoms with Gasteiger partial charge in [0.2, 0.25) is 5.89 Å². The van der Waals surface area contributed by atoms with Crippen LogP contribution in [0, 0.1) is 6.92 Å². The number of aliphatic hydroxyl groups excluding tert-OH is 1. The molecule has 0 aliphatic carbocycles. The quantitative estimate of drug-likeness (QED) is 0.348. The summed E-state index contributed by atoms with van der Waals surface area (Å²) in [4.78, 5) is 5.59. The highest BCUT2D eigenvalue weighted by atomic mass is 16.5. The third-order valence-electron chi connectivity index (χ3n) is 6.79. The number of H-pyrrole nitrogens is 1. The molecular formula is C27H28N4O4. The number of aliphatic hydroxyl groups is 1. The number of nitrogens with one attached hydrogen (secondary N) is 1. The third kappa shape index (κ3) is 4.54. The number of aryl methyl sites for hydroxylation is 1. The van der Waals surface area contributed by atoms with E-state index in [4.69, 9.17) is 13.6 Å².